The summed E-state index contributed by atoms with van der Waals surface area (Å²) >= 11 is 1.43. The Kier molecular flexibility index (Phi) is 5.51. The van der Waals surface area contributed by atoms with Crippen LogP contribution in [-0.4, -0.2) is 25.8 Å². The summed E-state index contributed by atoms with van der Waals surface area (Å²) < 4.78 is 27.4. The maximum absolute atomic E-state index is 12.6. The molecule has 3 aromatic rings. The van der Waals surface area contributed by atoms with E-state index in [2.05, 4.69) is 4.72 Å². The lowest BCUT2D eigenvalue weighted by molar-refractivity contribution is 0.0739. The minimum absolute atomic E-state index is 0.0161. The topological polar surface area (TPSA) is 66.5 Å². The van der Waals surface area contributed by atoms with Crippen LogP contribution in [0.1, 0.15) is 26.4 Å². The maximum Gasteiger partial charge on any atom is 0.264 e. The van der Waals surface area contributed by atoms with Crippen molar-refractivity contribution in [1.29, 1.82) is 0 Å². The monoisotopic (exact) mass is 424 g/mol. The average Bonchev–Trinajstić information content (AvgIpc) is 3.27. The van der Waals surface area contributed by atoms with Gasteiger partial charge >= 0.3 is 0 Å². The molecule has 0 spiro atoms. The number of fused-ring (bicyclic) bond motifs is 1. The summed E-state index contributed by atoms with van der Waals surface area (Å²) in [5, 5.41) is 3.05. The lowest BCUT2D eigenvalue weighted by atomic mass is 9.99. The number of nitrogens with one attached hydrogen (secondary N) is 1. The van der Waals surface area contributed by atoms with E-state index in [1.165, 1.54) is 11.3 Å². The molecular weight excluding hydrogens is 404 g/mol. The van der Waals surface area contributed by atoms with Crippen molar-refractivity contribution in [2.24, 2.45) is 0 Å². The number of thiophene rings is 1. The van der Waals surface area contributed by atoms with Gasteiger partial charge in [0.1, 0.15) is 0 Å². The number of rotatable bonds is 5. The van der Waals surface area contributed by atoms with Gasteiger partial charge in [-0.3, -0.25) is 9.52 Å². The van der Waals surface area contributed by atoms with Gasteiger partial charge in [-0.2, -0.15) is 0 Å². The third-order valence-electron chi connectivity index (χ3n) is 4.74. The van der Waals surface area contributed by atoms with Crippen LogP contribution in [0.4, 0.5) is 5.69 Å². The number of amides is 1. The summed E-state index contributed by atoms with van der Waals surface area (Å²) in [4.78, 5) is 15.1. The van der Waals surface area contributed by atoms with E-state index in [0.717, 1.165) is 33.4 Å². The molecule has 0 bridgehead atoms. The van der Waals surface area contributed by atoms with Crippen LogP contribution in [0.3, 0.4) is 0 Å². The Labute approximate surface area is 174 Å². The van der Waals surface area contributed by atoms with E-state index in [4.69, 9.17) is 0 Å². The van der Waals surface area contributed by atoms with Gasteiger partial charge < -0.3 is 4.90 Å². The Morgan fingerprint density at radius 1 is 1.03 bits per heavy atom. The predicted molar refractivity (Wildman–Crippen MR) is 117 cm³/mol. The van der Waals surface area contributed by atoms with Gasteiger partial charge in [-0.05, 0) is 52.8 Å². The first-order valence-electron chi connectivity index (χ1n) is 9.21. The van der Waals surface area contributed by atoms with E-state index in [9.17, 15) is 13.2 Å². The molecule has 1 amide bonds. The molecule has 1 aliphatic heterocycles. The van der Waals surface area contributed by atoms with E-state index in [1.807, 2.05) is 64.9 Å². The number of carbonyl (C=O) groups is 1. The van der Waals surface area contributed by atoms with Crippen LogP contribution in [0.2, 0.25) is 0 Å². The molecule has 1 aromatic heterocycles. The molecule has 0 unspecified atom stereocenters. The molecule has 148 valence electrons. The van der Waals surface area contributed by atoms with Gasteiger partial charge in [0.05, 0.1) is 10.3 Å². The van der Waals surface area contributed by atoms with E-state index in [1.54, 1.807) is 12.1 Å². The van der Waals surface area contributed by atoms with Crippen LogP contribution in [0.25, 0.3) is 6.08 Å². The standard InChI is InChI=1S/C22H20N2O3S2/c25-22(21-7-4-13-28-21)24-12-10-18-8-9-20(15-19(18)16-24)23-29(26,27)14-11-17-5-2-1-3-6-17/h1-9,11,13-15,23H,10,12,16H2/b14-11+. The Morgan fingerprint density at radius 3 is 2.62 bits per heavy atom. The molecule has 2 aromatic carbocycles. The molecule has 0 aliphatic carbocycles. The smallest absolute Gasteiger partial charge is 0.264 e. The fourth-order valence-electron chi connectivity index (χ4n) is 3.28. The van der Waals surface area contributed by atoms with Crippen molar-refractivity contribution in [3.05, 3.63) is 93.0 Å². The van der Waals surface area contributed by atoms with Crippen molar-refractivity contribution in [3.8, 4) is 0 Å². The lowest BCUT2D eigenvalue weighted by Gasteiger charge is -2.29. The first-order chi connectivity index (χ1) is 14.0. The fraction of sp³-hybridized carbons (Fsp3) is 0.136. The highest BCUT2D eigenvalue weighted by atomic mass is 32.2. The number of hydrogen-bond donors (Lipinski definition) is 1. The van der Waals surface area contributed by atoms with Gasteiger partial charge in [-0.25, -0.2) is 8.42 Å². The molecule has 0 atom stereocenters. The van der Waals surface area contributed by atoms with Crippen LogP contribution in [0.5, 0.6) is 0 Å². The molecule has 1 aliphatic rings. The second-order valence-corrected chi connectivity index (χ2v) is 9.31. The van der Waals surface area contributed by atoms with Crippen LogP contribution < -0.4 is 4.72 Å². The third-order valence-corrected chi connectivity index (χ3v) is 6.61. The number of nitrogens with zero attached hydrogens (tertiary/aromatic N) is 1. The summed E-state index contributed by atoms with van der Waals surface area (Å²) in [6.07, 6.45) is 2.32. The first-order valence-corrected chi connectivity index (χ1v) is 11.6. The van der Waals surface area contributed by atoms with Crippen molar-refractivity contribution in [2.75, 3.05) is 11.3 Å². The zero-order chi connectivity index (χ0) is 20.3. The second kappa shape index (κ2) is 8.23. The van der Waals surface area contributed by atoms with Crippen molar-refractivity contribution in [1.82, 2.24) is 4.90 Å². The molecule has 1 N–H and O–H groups in total. The van der Waals surface area contributed by atoms with Gasteiger partial charge in [0, 0.05) is 18.8 Å². The van der Waals surface area contributed by atoms with E-state index >= 15 is 0 Å². The highest BCUT2D eigenvalue weighted by Crippen LogP contribution is 2.25. The van der Waals surface area contributed by atoms with Crippen molar-refractivity contribution in [3.63, 3.8) is 0 Å². The summed E-state index contributed by atoms with van der Waals surface area (Å²) in [6.45, 7) is 1.14. The lowest BCUT2D eigenvalue weighted by Crippen LogP contribution is -2.35. The average molecular weight is 425 g/mol. The maximum atomic E-state index is 12.6. The normalized spacial score (nSPS) is 14.0. The molecule has 0 saturated carbocycles. The van der Waals surface area contributed by atoms with Gasteiger partial charge in [0.25, 0.3) is 15.9 Å². The summed E-state index contributed by atoms with van der Waals surface area (Å²) in [6, 6.07) is 18.5. The molecule has 2 heterocycles. The van der Waals surface area contributed by atoms with E-state index in [0.29, 0.717) is 18.8 Å². The van der Waals surface area contributed by atoms with Crippen LogP contribution >= 0.6 is 11.3 Å². The van der Waals surface area contributed by atoms with Crippen LogP contribution in [-0.2, 0) is 23.0 Å². The number of hydrogen-bond acceptors (Lipinski definition) is 4. The Bertz CT molecular complexity index is 1140. The summed E-state index contributed by atoms with van der Waals surface area (Å²) in [5.41, 5.74) is 3.41. The van der Waals surface area contributed by atoms with Crippen LogP contribution in [0, 0.1) is 0 Å². The number of carbonyl (C=O) groups excluding carboxylic acids is 1. The molecule has 4 rings (SSSR count). The molecule has 0 radical (unpaired) electrons. The minimum atomic E-state index is -3.63. The van der Waals surface area contributed by atoms with Gasteiger partial charge in [0.2, 0.25) is 0 Å². The van der Waals surface area contributed by atoms with Gasteiger partial charge in [-0.15, -0.1) is 11.3 Å². The SMILES string of the molecule is O=C(c1cccs1)N1CCc2ccc(NS(=O)(=O)/C=C/c3ccccc3)cc2C1. The zero-order valence-electron chi connectivity index (χ0n) is 15.6. The van der Waals surface area contributed by atoms with Crippen molar-refractivity contribution >= 4 is 39.0 Å². The van der Waals surface area contributed by atoms with Crippen molar-refractivity contribution < 1.29 is 13.2 Å². The first kappa shape index (κ1) is 19.4. The highest BCUT2D eigenvalue weighted by molar-refractivity contribution is 7.95. The van der Waals surface area contributed by atoms with Gasteiger partial charge in [0.15, 0.2) is 0 Å². The largest absolute Gasteiger partial charge is 0.333 e. The van der Waals surface area contributed by atoms with E-state index < -0.39 is 10.0 Å². The molecule has 0 saturated heterocycles. The molecular formula is C22H20N2O3S2. The Morgan fingerprint density at radius 2 is 1.86 bits per heavy atom. The van der Waals surface area contributed by atoms with Crippen molar-refractivity contribution in [2.45, 2.75) is 13.0 Å². The Hall–Kier alpha value is -2.90. The summed E-state index contributed by atoms with van der Waals surface area (Å²) in [7, 11) is -3.63. The quantitative estimate of drug-likeness (QED) is 0.662. The number of benzene rings is 2. The number of sulfonamides is 1. The predicted octanol–water partition coefficient (Wildman–Crippen LogP) is 4.36. The number of anilines is 1. The second-order valence-electron chi connectivity index (χ2n) is 6.80. The fourth-order valence-corrected chi connectivity index (χ4v) is 4.83. The third kappa shape index (κ3) is 4.75. The molecule has 5 nitrogen and oxygen atoms in total. The Balaban J connectivity index is 1.49. The minimum Gasteiger partial charge on any atom is -0.333 e. The molecule has 29 heavy (non-hydrogen) atoms. The molecule has 0 fully saturated rings. The summed E-state index contributed by atoms with van der Waals surface area (Å²) in [5.74, 6) is 0.0161. The van der Waals surface area contributed by atoms with E-state index in [-0.39, 0.29) is 5.91 Å². The van der Waals surface area contributed by atoms with Crippen LogP contribution in [0.15, 0.2) is 71.5 Å². The molecule has 7 heteroatoms. The zero-order valence-corrected chi connectivity index (χ0v) is 17.2. The van der Waals surface area contributed by atoms with Gasteiger partial charge in [-0.1, -0.05) is 42.5 Å². The highest BCUT2D eigenvalue weighted by Gasteiger charge is 2.22.